The summed E-state index contributed by atoms with van der Waals surface area (Å²) in [5.41, 5.74) is -0.551. The van der Waals surface area contributed by atoms with Crippen LogP contribution in [0.15, 0.2) is 0 Å². The minimum absolute atomic E-state index is 0.355. The molecular formula is C15H28O2. The molecule has 0 aromatic carbocycles. The van der Waals surface area contributed by atoms with Crippen LogP contribution < -0.4 is 0 Å². The van der Waals surface area contributed by atoms with Crippen LogP contribution in [0.5, 0.6) is 0 Å². The van der Waals surface area contributed by atoms with Crippen LogP contribution in [-0.4, -0.2) is 11.1 Å². The second kappa shape index (κ2) is 5.88. The van der Waals surface area contributed by atoms with E-state index in [2.05, 4.69) is 13.8 Å². The summed E-state index contributed by atoms with van der Waals surface area (Å²) >= 11 is 0. The molecule has 0 radical (unpaired) electrons. The number of rotatable bonds is 3. The molecule has 17 heavy (non-hydrogen) atoms. The molecule has 0 spiro atoms. The highest BCUT2D eigenvalue weighted by molar-refractivity contribution is 5.74. The van der Waals surface area contributed by atoms with Gasteiger partial charge in [-0.15, -0.1) is 0 Å². The largest absolute Gasteiger partial charge is 0.481 e. The van der Waals surface area contributed by atoms with E-state index in [4.69, 9.17) is 0 Å². The first-order valence-corrected chi connectivity index (χ1v) is 7.09. The van der Waals surface area contributed by atoms with Gasteiger partial charge in [-0.2, -0.15) is 0 Å². The fourth-order valence-corrected chi connectivity index (χ4v) is 3.10. The first-order valence-electron chi connectivity index (χ1n) is 7.09. The highest BCUT2D eigenvalue weighted by Gasteiger charge is 2.36. The van der Waals surface area contributed by atoms with Gasteiger partial charge in [0, 0.05) is 0 Å². The lowest BCUT2D eigenvalue weighted by Crippen LogP contribution is -2.33. The van der Waals surface area contributed by atoms with Crippen molar-refractivity contribution >= 4 is 5.97 Å². The number of carboxylic acids is 1. The van der Waals surface area contributed by atoms with Crippen molar-refractivity contribution in [2.45, 2.75) is 66.2 Å². The minimum atomic E-state index is -0.636. The monoisotopic (exact) mass is 240 g/mol. The number of aliphatic carboxylic acids is 1. The van der Waals surface area contributed by atoms with Crippen molar-refractivity contribution in [3.63, 3.8) is 0 Å². The van der Waals surface area contributed by atoms with Crippen molar-refractivity contribution in [3.8, 4) is 0 Å². The molecule has 0 aliphatic heterocycles. The lowest BCUT2D eigenvalue weighted by Gasteiger charge is -2.34. The molecule has 100 valence electrons. The summed E-state index contributed by atoms with van der Waals surface area (Å²) < 4.78 is 0. The molecule has 2 nitrogen and oxygen atoms in total. The smallest absolute Gasteiger partial charge is 0.309 e. The molecule has 1 N–H and O–H groups in total. The molecule has 0 aromatic rings. The van der Waals surface area contributed by atoms with Gasteiger partial charge in [0.2, 0.25) is 0 Å². The normalized spacial score (nSPS) is 27.6. The second-order valence-corrected chi connectivity index (χ2v) is 6.59. The van der Waals surface area contributed by atoms with Gasteiger partial charge in [-0.3, -0.25) is 4.79 Å². The first-order chi connectivity index (χ1) is 7.85. The molecule has 1 fully saturated rings. The molecule has 1 aliphatic rings. The SMILES string of the molecule is CC(C)C1CCCC(C(C)(C)C(=O)O)CCC1. The quantitative estimate of drug-likeness (QED) is 0.796. The molecule has 0 heterocycles. The zero-order valence-electron chi connectivity index (χ0n) is 11.8. The maximum absolute atomic E-state index is 11.3. The summed E-state index contributed by atoms with van der Waals surface area (Å²) in [6.07, 6.45) is 7.13. The van der Waals surface area contributed by atoms with Crippen LogP contribution in [0.3, 0.4) is 0 Å². The number of hydrogen-bond donors (Lipinski definition) is 1. The van der Waals surface area contributed by atoms with Crippen molar-refractivity contribution in [1.82, 2.24) is 0 Å². The number of hydrogen-bond acceptors (Lipinski definition) is 1. The van der Waals surface area contributed by atoms with Crippen LogP contribution in [0, 0.1) is 23.2 Å². The number of carbonyl (C=O) groups is 1. The summed E-state index contributed by atoms with van der Waals surface area (Å²) in [6.45, 7) is 8.40. The van der Waals surface area contributed by atoms with Crippen LogP contribution >= 0.6 is 0 Å². The summed E-state index contributed by atoms with van der Waals surface area (Å²) in [4.78, 5) is 11.3. The molecule has 0 atom stereocenters. The van der Waals surface area contributed by atoms with Gasteiger partial charge in [-0.05, 0) is 44.4 Å². The Morgan fingerprint density at radius 1 is 1.12 bits per heavy atom. The van der Waals surface area contributed by atoms with E-state index in [1.807, 2.05) is 13.8 Å². The molecule has 0 unspecified atom stereocenters. The van der Waals surface area contributed by atoms with Gasteiger partial charge in [-0.25, -0.2) is 0 Å². The Balaban J connectivity index is 2.57. The zero-order valence-corrected chi connectivity index (χ0v) is 11.8. The molecular weight excluding hydrogens is 212 g/mol. The maximum Gasteiger partial charge on any atom is 0.309 e. The van der Waals surface area contributed by atoms with Crippen molar-refractivity contribution in [2.24, 2.45) is 23.2 Å². The first kappa shape index (κ1) is 14.5. The summed E-state index contributed by atoms with van der Waals surface area (Å²) in [7, 11) is 0. The van der Waals surface area contributed by atoms with Gasteiger partial charge in [-0.1, -0.05) is 39.5 Å². The molecule has 1 rings (SSSR count). The highest BCUT2D eigenvalue weighted by atomic mass is 16.4. The van der Waals surface area contributed by atoms with Crippen LogP contribution in [0.25, 0.3) is 0 Å². The van der Waals surface area contributed by atoms with Crippen LogP contribution in [-0.2, 0) is 4.79 Å². The second-order valence-electron chi connectivity index (χ2n) is 6.59. The van der Waals surface area contributed by atoms with Crippen molar-refractivity contribution < 1.29 is 9.90 Å². The van der Waals surface area contributed by atoms with E-state index in [0.29, 0.717) is 5.92 Å². The van der Waals surface area contributed by atoms with E-state index >= 15 is 0 Å². The Bertz CT molecular complexity index is 246. The standard InChI is InChI=1S/C15H28O2/c1-11(2)12-7-5-9-13(10-6-8-12)15(3,4)14(16)17/h11-13H,5-10H2,1-4H3,(H,16,17). The Morgan fingerprint density at radius 2 is 1.59 bits per heavy atom. The molecule has 0 bridgehead atoms. The molecule has 0 aromatic heterocycles. The van der Waals surface area contributed by atoms with Gasteiger partial charge in [0.1, 0.15) is 0 Å². The van der Waals surface area contributed by atoms with Gasteiger partial charge >= 0.3 is 5.97 Å². The highest BCUT2D eigenvalue weighted by Crippen LogP contribution is 2.39. The van der Waals surface area contributed by atoms with Crippen molar-refractivity contribution in [2.75, 3.05) is 0 Å². The third kappa shape index (κ3) is 3.72. The third-order valence-corrected chi connectivity index (χ3v) is 4.77. The van der Waals surface area contributed by atoms with E-state index in [0.717, 1.165) is 24.7 Å². The lowest BCUT2D eigenvalue weighted by atomic mass is 9.70. The average Bonchev–Trinajstić information content (AvgIpc) is 2.15. The predicted octanol–water partition coefficient (Wildman–Crippen LogP) is 4.34. The van der Waals surface area contributed by atoms with E-state index in [9.17, 15) is 9.90 Å². The molecule has 1 saturated carbocycles. The van der Waals surface area contributed by atoms with Crippen LogP contribution in [0.2, 0.25) is 0 Å². The van der Waals surface area contributed by atoms with E-state index in [-0.39, 0.29) is 0 Å². The Morgan fingerprint density at radius 3 is 1.94 bits per heavy atom. The zero-order chi connectivity index (χ0) is 13.1. The minimum Gasteiger partial charge on any atom is -0.481 e. The Hall–Kier alpha value is -0.530. The predicted molar refractivity (Wildman–Crippen MR) is 70.9 cm³/mol. The lowest BCUT2D eigenvalue weighted by molar-refractivity contribution is -0.150. The van der Waals surface area contributed by atoms with Gasteiger partial charge < -0.3 is 5.11 Å². The van der Waals surface area contributed by atoms with Crippen molar-refractivity contribution in [3.05, 3.63) is 0 Å². The summed E-state index contributed by atoms with van der Waals surface area (Å²) in [5, 5.41) is 9.30. The summed E-state index contributed by atoms with van der Waals surface area (Å²) in [6, 6.07) is 0. The third-order valence-electron chi connectivity index (χ3n) is 4.77. The Kier molecular flexibility index (Phi) is 5.03. The topological polar surface area (TPSA) is 37.3 Å². The molecule has 0 saturated heterocycles. The van der Waals surface area contributed by atoms with Gasteiger partial charge in [0.25, 0.3) is 0 Å². The number of carboxylic acid groups (broad SMARTS) is 1. The van der Waals surface area contributed by atoms with E-state index < -0.39 is 11.4 Å². The van der Waals surface area contributed by atoms with E-state index in [1.165, 1.54) is 25.7 Å². The summed E-state index contributed by atoms with van der Waals surface area (Å²) in [5.74, 6) is 1.35. The fourth-order valence-electron chi connectivity index (χ4n) is 3.10. The fraction of sp³-hybridized carbons (Fsp3) is 0.933. The average molecular weight is 240 g/mol. The molecule has 0 amide bonds. The van der Waals surface area contributed by atoms with E-state index in [1.54, 1.807) is 0 Å². The maximum atomic E-state index is 11.3. The van der Waals surface area contributed by atoms with Gasteiger partial charge in [0.05, 0.1) is 5.41 Å². The Labute approximate surface area is 106 Å². The van der Waals surface area contributed by atoms with Crippen LogP contribution in [0.4, 0.5) is 0 Å². The molecule has 2 heteroatoms. The van der Waals surface area contributed by atoms with Gasteiger partial charge in [0.15, 0.2) is 0 Å². The van der Waals surface area contributed by atoms with Crippen LogP contribution in [0.1, 0.15) is 66.2 Å². The van der Waals surface area contributed by atoms with Crippen molar-refractivity contribution in [1.29, 1.82) is 0 Å². The molecule has 1 aliphatic carbocycles.